The van der Waals surface area contributed by atoms with Crippen LogP contribution in [0.1, 0.15) is 34.0 Å². The molecule has 2 aromatic heterocycles. The summed E-state index contributed by atoms with van der Waals surface area (Å²) in [5, 5.41) is 4.36. The number of aromatic amines is 1. The molecule has 6 heteroatoms. The van der Waals surface area contributed by atoms with Crippen LogP contribution in [-0.2, 0) is 16.0 Å². The molecule has 0 unspecified atom stereocenters. The first-order valence-electron chi connectivity index (χ1n) is 10.6. The topological polar surface area (TPSA) is 70.2 Å². The lowest BCUT2D eigenvalue weighted by atomic mass is 10.0. The van der Waals surface area contributed by atoms with Crippen LogP contribution in [0.4, 0.5) is 0 Å². The van der Waals surface area contributed by atoms with Crippen molar-refractivity contribution >= 4 is 16.8 Å². The molecular formula is C24H30N4O2. The minimum atomic E-state index is 0.0436. The van der Waals surface area contributed by atoms with Crippen LogP contribution in [-0.4, -0.2) is 53.6 Å². The lowest BCUT2D eigenvalue weighted by molar-refractivity contribution is -0.120. The van der Waals surface area contributed by atoms with Crippen LogP contribution < -0.4 is 5.32 Å². The van der Waals surface area contributed by atoms with Crippen molar-refractivity contribution in [1.29, 1.82) is 0 Å². The van der Waals surface area contributed by atoms with Crippen LogP contribution in [0.15, 0.2) is 36.7 Å². The van der Waals surface area contributed by atoms with Crippen molar-refractivity contribution in [2.75, 3.05) is 32.8 Å². The Morgan fingerprint density at radius 3 is 2.70 bits per heavy atom. The molecule has 6 nitrogen and oxygen atoms in total. The Morgan fingerprint density at radius 1 is 1.20 bits per heavy atom. The van der Waals surface area contributed by atoms with E-state index in [9.17, 15) is 4.79 Å². The number of aromatic nitrogens is 2. The van der Waals surface area contributed by atoms with Gasteiger partial charge in [0.2, 0.25) is 5.91 Å². The Morgan fingerprint density at radius 2 is 1.97 bits per heavy atom. The summed E-state index contributed by atoms with van der Waals surface area (Å²) >= 11 is 0. The normalized spacial score (nSPS) is 16.0. The highest BCUT2D eigenvalue weighted by Gasteiger charge is 2.24. The number of aryl methyl sites for hydroxylation is 3. The molecule has 3 aromatic rings. The Hall–Kier alpha value is -2.70. The number of rotatable bonds is 6. The van der Waals surface area contributed by atoms with Crippen molar-refractivity contribution in [2.45, 2.75) is 33.2 Å². The molecule has 1 atom stereocenters. The fourth-order valence-corrected chi connectivity index (χ4v) is 4.39. The zero-order chi connectivity index (χ0) is 21.1. The third-order valence-corrected chi connectivity index (χ3v) is 6.07. The number of pyridine rings is 1. The smallest absolute Gasteiger partial charge is 0.224 e. The van der Waals surface area contributed by atoms with E-state index in [0.29, 0.717) is 13.0 Å². The maximum absolute atomic E-state index is 12.9. The highest BCUT2D eigenvalue weighted by Crippen LogP contribution is 2.28. The SMILES string of the molecule is Cc1[nH]c2c(C)ccc(C)c2c1CC(=O)NC[C@@H](c1cccnc1)N1CCOCC1. The van der Waals surface area contributed by atoms with E-state index >= 15 is 0 Å². The molecule has 0 aliphatic carbocycles. The van der Waals surface area contributed by atoms with E-state index in [4.69, 9.17) is 4.74 Å². The third kappa shape index (κ3) is 4.25. The molecule has 30 heavy (non-hydrogen) atoms. The Balaban J connectivity index is 1.50. The van der Waals surface area contributed by atoms with Crippen molar-refractivity contribution in [3.05, 3.63) is 64.6 Å². The van der Waals surface area contributed by atoms with Crippen LogP contribution in [0.5, 0.6) is 0 Å². The zero-order valence-electron chi connectivity index (χ0n) is 18.0. The van der Waals surface area contributed by atoms with Gasteiger partial charge in [0.15, 0.2) is 0 Å². The van der Waals surface area contributed by atoms with Gasteiger partial charge in [-0.1, -0.05) is 18.2 Å². The molecule has 4 rings (SSSR count). The van der Waals surface area contributed by atoms with Crippen LogP contribution in [0.25, 0.3) is 10.9 Å². The number of amides is 1. The fraction of sp³-hybridized carbons (Fsp3) is 0.417. The molecule has 0 radical (unpaired) electrons. The number of fused-ring (bicyclic) bond motifs is 1. The molecule has 1 aliphatic heterocycles. The number of hydrogen-bond acceptors (Lipinski definition) is 4. The predicted octanol–water partition coefficient (Wildman–Crippen LogP) is 3.22. The number of benzene rings is 1. The summed E-state index contributed by atoms with van der Waals surface area (Å²) in [5.74, 6) is 0.0436. The first-order valence-corrected chi connectivity index (χ1v) is 10.6. The highest BCUT2D eigenvalue weighted by molar-refractivity contribution is 5.93. The second-order valence-electron chi connectivity index (χ2n) is 8.11. The molecule has 2 N–H and O–H groups in total. The molecule has 158 valence electrons. The van der Waals surface area contributed by atoms with E-state index in [1.54, 1.807) is 6.20 Å². The van der Waals surface area contributed by atoms with Gasteiger partial charge in [-0.25, -0.2) is 0 Å². The van der Waals surface area contributed by atoms with E-state index in [1.807, 2.05) is 19.2 Å². The van der Waals surface area contributed by atoms with Gasteiger partial charge in [0.05, 0.1) is 25.7 Å². The Bertz CT molecular complexity index is 1020. The first-order chi connectivity index (χ1) is 14.5. The number of ether oxygens (including phenoxy) is 1. The number of morpholine rings is 1. The van der Waals surface area contributed by atoms with E-state index in [0.717, 1.165) is 48.6 Å². The second kappa shape index (κ2) is 8.98. The summed E-state index contributed by atoms with van der Waals surface area (Å²) in [5.41, 5.74) is 6.81. The number of carbonyl (C=O) groups excluding carboxylic acids is 1. The van der Waals surface area contributed by atoms with Crippen LogP contribution in [0.2, 0.25) is 0 Å². The van der Waals surface area contributed by atoms with E-state index in [-0.39, 0.29) is 11.9 Å². The molecule has 1 aromatic carbocycles. The van der Waals surface area contributed by atoms with Gasteiger partial charge in [-0.3, -0.25) is 14.7 Å². The number of nitrogens with one attached hydrogen (secondary N) is 2. The summed E-state index contributed by atoms with van der Waals surface area (Å²) in [4.78, 5) is 23.1. The molecule has 0 spiro atoms. The van der Waals surface area contributed by atoms with Crippen molar-refractivity contribution in [3.8, 4) is 0 Å². The van der Waals surface area contributed by atoms with Gasteiger partial charge >= 0.3 is 0 Å². The highest BCUT2D eigenvalue weighted by atomic mass is 16.5. The van der Waals surface area contributed by atoms with Crippen molar-refractivity contribution in [3.63, 3.8) is 0 Å². The molecule has 0 bridgehead atoms. The summed E-state index contributed by atoms with van der Waals surface area (Å²) in [7, 11) is 0. The quantitative estimate of drug-likeness (QED) is 0.659. The van der Waals surface area contributed by atoms with Gasteiger partial charge in [-0.2, -0.15) is 0 Å². The van der Waals surface area contributed by atoms with Gasteiger partial charge < -0.3 is 15.0 Å². The van der Waals surface area contributed by atoms with Gasteiger partial charge in [0.25, 0.3) is 0 Å². The minimum Gasteiger partial charge on any atom is -0.379 e. The number of nitrogens with zero attached hydrogens (tertiary/aromatic N) is 2. The fourth-order valence-electron chi connectivity index (χ4n) is 4.39. The standard InChI is InChI=1S/C24H30N4O2/c1-16-6-7-17(2)24-23(16)20(18(3)27-24)13-22(29)26-15-21(19-5-4-8-25-14-19)28-9-11-30-12-10-28/h4-8,14,21,27H,9-13,15H2,1-3H3,(H,26,29)/t21-/m0/s1. The van der Waals surface area contributed by atoms with Crippen LogP contribution in [0, 0.1) is 20.8 Å². The lowest BCUT2D eigenvalue weighted by Gasteiger charge is -2.34. The average Bonchev–Trinajstić information content (AvgIpc) is 3.10. The van der Waals surface area contributed by atoms with Crippen LogP contribution in [0.3, 0.4) is 0 Å². The number of carbonyl (C=O) groups is 1. The van der Waals surface area contributed by atoms with E-state index in [2.05, 4.69) is 52.2 Å². The van der Waals surface area contributed by atoms with Gasteiger partial charge in [-0.05, 0) is 49.1 Å². The van der Waals surface area contributed by atoms with Crippen LogP contribution >= 0.6 is 0 Å². The van der Waals surface area contributed by atoms with Crippen molar-refractivity contribution < 1.29 is 9.53 Å². The summed E-state index contributed by atoms with van der Waals surface area (Å²) in [6, 6.07) is 8.38. The van der Waals surface area contributed by atoms with Crippen molar-refractivity contribution in [2.24, 2.45) is 0 Å². The zero-order valence-corrected chi connectivity index (χ0v) is 18.0. The van der Waals surface area contributed by atoms with Gasteiger partial charge in [-0.15, -0.1) is 0 Å². The molecule has 1 saturated heterocycles. The number of H-pyrrole nitrogens is 1. The maximum Gasteiger partial charge on any atom is 0.224 e. The minimum absolute atomic E-state index is 0.0436. The van der Waals surface area contributed by atoms with Crippen molar-refractivity contribution in [1.82, 2.24) is 20.2 Å². The summed E-state index contributed by atoms with van der Waals surface area (Å²) in [6.07, 6.45) is 4.05. The van der Waals surface area contributed by atoms with E-state index in [1.165, 1.54) is 16.5 Å². The summed E-state index contributed by atoms with van der Waals surface area (Å²) in [6.45, 7) is 9.97. The lowest BCUT2D eigenvalue weighted by Crippen LogP contribution is -2.44. The Kier molecular flexibility index (Phi) is 6.16. The molecular weight excluding hydrogens is 376 g/mol. The third-order valence-electron chi connectivity index (χ3n) is 6.07. The average molecular weight is 407 g/mol. The second-order valence-corrected chi connectivity index (χ2v) is 8.11. The number of hydrogen-bond donors (Lipinski definition) is 2. The molecule has 1 amide bonds. The van der Waals surface area contributed by atoms with Gasteiger partial charge in [0.1, 0.15) is 0 Å². The maximum atomic E-state index is 12.9. The summed E-state index contributed by atoms with van der Waals surface area (Å²) < 4.78 is 5.51. The van der Waals surface area contributed by atoms with Gasteiger partial charge in [0, 0.05) is 48.6 Å². The Labute approximate surface area is 177 Å². The largest absolute Gasteiger partial charge is 0.379 e. The molecule has 1 aliphatic rings. The molecule has 3 heterocycles. The predicted molar refractivity (Wildman–Crippen MR) is 119 cm³/mol. The first kappa shape index (κ1) is 20.6. The molecule has 1 fully saturated rings. The monoisotopic (exact) mass is 406 g/mol. The van der Waals surface area contributed by atoms with E-state index < -0.39 is 0 Å². The molecule has 0 saturated carbocycles.